The Bertz CT molecular complexity index is 521. The third-order valence-electron chi connectivity index (χ3n) is 2.52. The van der Waals surface area contributed by atoms with Crippen molar-refractivity contribution >= 4 is 5.65 Å². The molecule has 1 aliphatic heterocycles. The molecule has 0 radical (unpaired) electrons. The number of nitrogens with zero attached hydrogens (tertiary/aromatic N) is 2. The molecule has 1 N–H and O–H groups in total. The Kier molecular flexibility index (Phi) is 1.63. The van der Waals surface area contributed by atoms with Crippen molar-refractivity contribution < 1.29 is 14.2 Å². The van der Waals surface area contributed by atoms with Crippen molar-refractivity contribution in [3.8, 4) is 0 Å². The highest BCUT2D eigenvalue weighted by Gasteiger charge is 2.39. The van der Waals surface area contributed by atoms with Crippen molar-refractivity contribution in [1.82, 2.24) is 9.38 Å². The number of pyridine rings is 1. The normalized spacial score (nSPS) is 25.5. The van der Waals surface area contributed by atoms with Crippen LogP contribution in [0.1, 0.15) is 11.4 Å². The highest BCUT2D eigenvalue weighted by Crippen LogP contribution is 2.31. The van der Waals surface area contributed by atoms with Crippen LogP contribution in [0.4, 0.5) is 4.39 Å². The van der Waals surface area contributed by atoms with Gasteiger partial charge >= 0.3 is 0 Å². The van der Waals surface area contributed by atoms with Gasteiger partial charge in [0.2, 0.25) is 0 Å². The Hall–Kier alpha value is -1.46. The number of halogens is 1. The maximum atomic E-state index is 13.7. The van der Waals surface area contributed by atoms with Crippen molar-refractivity contribution in [3.63, 3.8) is 0 Å². The van der Waals surface area contributed by atoms with Crippen LogP contribution in [0, 0.1) is 0 Å². The number of imidazole rings is 1. The van der Waals surface area contributed by atoms with Crippen molar-refractivity contribution in [2.45, 2.75) is 12.5 Å². The SMILES string of the molecule is OC1(F)COCc2c1nc1ccccn21. The summed E-state index contributed by atoms with van der Waals surface area (Å²) in [5.41, 5.74) is 1.26. The molecule has 0 spiro atoms. The first-order valence-electron chi connectivity index (χ1n) is 4.64. The van der Waals surface area contributed by atoms with Gasteiger partial charge in [0.05, 0.1) is 12.3 Å². The largest absolute Gasteiger partial charge is 0.369 e. The summed E-state index contributed by atoms with van der Waals surface area (Å²) in [7, 11) is 0. The molecule has 3 rings (SSSR count). The molecular formula is C10H9FN2O2. The van der Waals surface area contributed by atoms with Crippen LogP contribution in [0.2, 0.25) is 0 Å². The third-order valence-corrected chi connectivity index (χ3v) is 2.52. The monoisotopic (exact) mass is 208 g/mol. The summed E-state index contributed by atoms with van der Waals surface area (Å²) < 4.78 is 20.4. The van der Waals surface area contributed by atoms with Gasteiger partial charge < -0.3 is 14.2 Å². The second kappa shape index (κ2) is 2.77. The standard InChI is InChI=1S/C10H9FN2O2/c11-10(14)6-15-5-7-9(10)12-8-3-1-2-4-13(7)8/h1-4,14H,5-6H2. The second-order valence-corrected chi connectivity index (χ2v) is 3.59. The van der Waals surface area contributed by atoms with Crippen LogP contribution in [-0.2, 0) is 17.2 Å². The van der Waals surface area contributed by atoms with E-state index in [0.717, 1.165) is 0 Å². The van der Waals surface area contributed by atoms with E-state index in [4.69, 9.17) is 4.74 Å². The Morgan fingerprint density at radius 2 is 2.40 bits per heavy atom. The van der Waals surface area contributed by atoms with Gasteiger partial charge in [0.1, 0.15) is 17.9 Å². The summed E-state index contributed by atoms with van der Waals surface area (Å²) in [5, 5.41) is 9.46. The van der Waals surface area contributed by atoms with Crippen LogP contribution < -0.4 is 0 Å². The summed E-state index contributed by atoms with van der Waals surface area (Å²) >= 11 is 0. The van der Waals surface area contributed by atoms with Gasteiger partial charge in [-0.3, -0.25) is 0 Å². The minimum atomic E-state index is -2.47. The van der Waals surface area contributed by atoms with Gasteiger partial charge in [-0.15, -0.1) is 0 Å². The van der Waals surface area contributed by atoms with Crippen LogP contribution in [0.25, 0.3) is 5.65 Å². The van der Waals surface area contributed by atoms with E-state index < -0.39 is 5.85 Å². The number of aromatic nitrogens is 2. The Morgan fingerprint density at radius 1 is 1.53 bits per heavy atom. The van der Waals surface area contributed by atoms with Crippen molar-refractivity contribution in [2.24, 2.45) is 0 Å². The lowest BCUT2D eigenvalue weighted by molar-refractivity contribution is -0.166. The smallest absolute Gasteiger partial charge is 0.275 e. The molecule has 3 heterocycles. The van der Waals surface area contributed by atoms with E-state index in [-0.39, 0.29) is 18.9 Å². The minimum Gasteiger partial charge on any atom is -0.369 e. The van der Waals surface area contributed by atoms with Crippen molar-refractivity contribution in [1.29, 1.82) is 0 Å². The second-order valence-electron chi connectivity index (χ2n) is 3.59. The fraction of sp³-hybridized carbons (Fsp3) is 0.300. The Labute approximate surface area is 84.9 Å². The molecule has 0 saturated carbocycles. The fourth-order valence-corrected chi connectivity index (χ4v) is 1.84. The Morgan fingerprint density at radius 3 is 3.27 bits per heavy atom. The number of hydrogen-bond donors (Lipinski definition) is 1. The maximum absolute atomic E-state index is 13.7. The lowest BCUT2D eigenvalue weighted by Gasteiger charge is -2.23. The van der Waals surface area contributed by atoms with E-state index in [2.05, 4.69) is 4.98 Å². The van der Waals surface area contributed by atoms with Gasteiger partial charge in [0, 0.05) is 6.20 Å². The van der Waals surface area contributed by atoms with Gasteiger partial charge in [-0.05, 0) is 12.1 Å². The van der Waals surface area contributed by atoms with Crippen molar-refractivity contribution in [3.05, 3.63) is 35.8 Å². The molecule has 0 aromatic carbocycles. The van der Waals surface area contributed by atoms with Gasteiger partial charge in [0.25, 0.3) is 5.85 Å². The first-order valence-corrected chi connectivity index (χ1v) is 4.64. The van der Waals surface area contributed by atoms with Crippen LogP contribution in [-0.4, -0.2) is 21.1 Å². The van der Waals surface area contributed by atoms with Gasteiger partial charge in [0.15, 0.2) is 0 Å². The van der Waals surface area contributed by atoms with Gasteiger partial charge in [-0.25, -0.2) is 9.37 Å². The number of alkyl halides is 1. The molecule has 1 unspecified atom stereocenters. The number of hydrogen-bond acceptors (Lipinski definition) is 3. The molecule has 15 heavy (non-hydrogen) atoms. The summed E-state index contributed by atoms with van der Waals surface area (Å²) in [6.07, 6.45) is 1.77. The fourth-order valence-electron chi connectivity index (χ4n) is 1.84. The summed E-state index contributed by atoms with van der Waals surface area (Å²) in [6.45, 7) is -0.0867. The molecular weight excluding hydrogens is 199 g/mol. The van der Waals surface area contributed by atoms with E-state index in [0.29, 0.717) is 11.3 Å². The number of rotatable bonds is 0. The van der Waals surface area contributed by atoms with Crippen LogP contribution in [0.15, 0.2) is 24.4 Å². The van der Waals surface area contributed by atoms with E-state index >= 15 is 0 Å². The van der Waals surface area contributed by atoms with Gasteiger partial charge in [-0.1, -0.05) is 6.07 Å². The van der Waals surface area contributed by atoms with E-state index in [1.807, 2.05) is 12.1 Å². The van der Waals surface area contributed by atoms with Crippen LogP contribution in [0.3, 0.4) is 0 Å². The molecule has 0 aliphatic carbocycles. The topological polar surface area (TPSA) is 46.8 Å². The quantitative estimate of drug-likeness (QED) is 0.702. The predicted octanol–water partition coefficient (Wildman–Crippen LogP) is 0.979. The maximum Gasteiger partial charge on any atom is 0.275 e. The molecule has 1 atom stereocenters. The lowest BCUT2D eigenvalue weighted by Crippen LogP contribution is -2.32. The number of fused-ring (bicyclic) bond motifs is 3. The molecule has 5 heteroatoms. The zero-order chi connectivity index (χ0) is 10.5. The van der Waals surface area contributed by atoms with Gasteiger partial charge in [-0.2, -0.15) is 0 Å². The summed E-state index contributed by atoms with van der Waals surface area (Å²) in [4.78, 5) is 4.06. The van der Waals surface area contributed by atoms with Crippen LogP contribution in [0.5, 0.6) is 0 Å². The number of aliphatic hydroxyl groups is 1. The summed E-state index contributed by atoms with van der Waals surface area (Å²) in [5.74, 6) is -2.47. The molecule has 78 valence electrons. The van der Waals surface area contributed by atoms with Crippen LogP contribution >= 0.6 is 0 Å². The molecule has 2 aromatic rings. The summed E-state index contributed by atoms with van der Waals surface area (Å²) in [6, 6.07) is 5.39. The van der Waals surface area contributed by atoms with Crippen molar-refractivity contribution in [2.75, 3.05) is 6.61 Å². The molecule has 0 bridgehead atoms. The zero-order valence-electron chi connectivity index (χ0n) is 7.85. The zero-order valence-corrected chi connectivity index (χ0v) is 7.85. The lowest BCUT2D eigenvalue weighted by atomic mass is 10.1. The molecule has 0 amide bonds. The molecule has 0 saturated heterocycles. The number of ether oxygens (including phenoxy) is 1. The van der Waals surface area contributed by atoms with E-state index in [9.17, 15) is 9.50 Å². The Balaban J connectivity index is 2.34. The van der Waals surface area contributed by atoms with E-state index in [1.165, 1.54) is 0 Å². The predicted molar refractivity (Wildman–Crippen MR) is 49.9 cm³/mol. The minimum absolute atomic E-state index is 0.0694. The highest BCUT2D eigenvalue weighted by atomic mass is 19.2. The average Bonchev–Trinajstić information content (AvgIpc) is 2.58. The molecule has 1 aliphatic rings. The molecule has 4 nitrogen and oxygen atoms in total. The first-order chi connectivity index (χ1) is 7.18. The highest BCUT2D eigenvalue weighted by molar-refractivity contribution is 5.44. The molecule has 0 fully saturated rings. The first kappa shape index (κ1) is 8.82. The molecule has 2 aromatic heterocycles. The van der Waals surface area contributed by atoms with E-state index in [1.54, 1.807) is 16.7 Å². The average molecular weight is 208 g/mol. The third kappa shape index (κ3) is 1.17.